The van der Waals surface area contributed by atoms with Gasteiger partial charge in [-0.2, -0.15) is 0 Å². The van der Waals surface area contributed by atoms with Crippen molar-refractivity contribution in [3.63, 3.8) is 0 Å². The molecule has 2 N–H and O–H groups in total. The number of carbonyl (C=O) groups is 2. The lowest BCUT2D eigenvalue weighted by Crippen LogP contribution is -2.42. The van der Waals surface area contributed by atoms with Gasteiger partial charge >= 0.3 is 5.91 Å². The summed E-state index contributed by atoms with van der Waals surface area (Å²) in [5, 5.41) is 4.03. The number of aryl methyl sites for hydroxylation is 1. The molecule has 1 aliphatic heterocycles. The van der Waals surface area contributed by atoms with E-state index in [0.29, 0.717) is 15.6 Å². The molecular weight excluding hydrogens is 433 g/mol. The molecule has 0 aliphatic carbocycles. The Bertz CT molecular complexity index is 1180. The molecule has 1 saturated heterocycles. The molecule has 4 rings (SSSR count). The summed E-state index contributed by atoms with van der Waals surface area (Å²) < 4.78 is 1.67. The summed E-state index contributed by atoms with van der Waals surface area (Å²) in [7, 11) is 0. The highest BCUT2D eigenvalue weighted by Gasteiger charge is 2.47. The SMILES string of the molecule is Cc1cccc(C(=O)N[C@H]2C(=O)N/[N+](=C\c3ccccc3Cl)[C@H]2c2ccc(Cl)cc2)c1. The van der Waals surface area contributed by atoms with E-state index in [1.54, 1.807) is 41.2 Å². The first-order valence-electron chi connectivity index (χ1n) is 9.73. The van der Waals surface area contributed by atoms with Gasteiger partial charge in [0.05, 0.1) is 10.6 Å². The van der Waals surface area contributed by atoms with Crippen LogP contribution in [0.5, 0.6) is 0 Å². The predicted octanol–water partition coefficient (Wildman–Crippen LogP) is 4.32. The fourth-order valence-corrected chi connectivity index (χ4v) is 3.89. The van der Waals surface area contributed by atoms with Gasteiger partial charge < -0.3 is 5.32 Å². The van der Waals surface area contributed by atoms with Gasteiger partial charge in [-0.25, -0.2) is 0 Å². The van der Waals surface area contributed by atoms with Crippen molar-refractivity contribution in [3.05, 3.63) is 105 Å². The molecule has 2 amide bonds. The van der Waals surface area contributed by atoms with E-state index in [0.717, 1.165) is 16.7 Å². The fourth-order valence-electron chi connectivity index (χ4n) is 3.58. The lowest BCUT2D eigenvalue weighted by molar-refractivity contribution is -0.596. The van der Waals surface area contributed by atoms with Gasteiger partial charge in [-0.15, -0.1) is 10.1 Å². The molecule has 3 aromatic rings. The van der Waals surface area contributed by atoms with E-state index in [4.69, 9.17) is 23.2 Å². The second kappa shape index (κ2) is 8.92. The van der Waals surface area contributed by atoms with Crippen molar-refractivity contribution in [2.24, 2.45) is 0 Å². The van der Waals surface area contributed by atoms with E-state index in [-0.39, 0.29) is 11.8 Å². The van der Waals surface area contributed by atoms with Crippen molar-refractivity contribution < 1.29 is 14.3 Å². The maximum atomic E-state index is 12.9. The molecule has 0 radical (unpaired) electrons. The Labute approximate surface area is 190 Å². The zero-order valence-electron chi connectivity index (χ0n) is 16.7. The maximum absolute atomic E-state index is 12.9. The van der Waals surface area contributed by atoms with Gasteiger partial charge in [0.1, 0.15) is 0 Å². The van der Waals surface area contributed by atoms with E-state index in [1.807, 2.05) is 49.4 Å². The number of carbonyl (C=O) groups excluding carboxylic acids is 2. The zero-order chi connectivity index (χ0) is 22.0. The summed E-state index contributed by atoms with van der Waals surface area (Å²) in [6.45, 7) is 1.91. The highest BCUT2D eigenvalue weighted by molar-refractivity contribution is 6.33. The number of hydrazine groups is 1. The van der Waals surface area contributed by atoms with Crippen LogP contribution in [0.3, 0.4) is 0 Å². The number of rotatable bonds is 4. The minimum Gasteiger partial charge on any atom is -0.334 e. The van der Waals surface area contributed by atoms with E-state index >= 15 is 0 Å². The van der Waals surface area contributed by atoms with Gasteiger partial charge in [0, 0.05) is 16.1 Å². The van der Waals surface area contributed by atoms with E-state index in [9.17, 15) is 9.59 Å². The molecule has 1 aliphatic rings. The maximum Gasteiger partial charge on any atom is 0.304 e. The number of hydrogen-bond acceptors (Lipinski definition) is 2. The second-order valence-corrected chi connectivity index (χ2v) is 8.19. The monoisotopic (exact) mass is 452 g/mol. The Balaban J connectivity index is 1.72. The number of hydrogen-bond donors (Lipinski definition) is 2. The molecule has 3 aromatic carbocycles. The molecule has 1 heterocycles. The first kappa shape index (κ1) is 21.1. The number of nitrogens with zero attached hydrogens (tertiary/aromatic N) is 1. The third kappa shape index (κ3) is 4.63. The molecule has 156 valence electrons. The van der Waals surface area contributed by atoms with Gasteiger partial charge in [0.15, 0.2) is 6.04 Å². The normalized spacial score (nSPS) is 19.3. The molecule has 1 fully saturated rings. The van der Waals surface area contributed by atoms with Gasteiger partial charge in [-0.3, -0.25) is 9.59 Å². The van der Waals surface area contributed by atoms with Gasteiger partial charge in [0.2, 0.25) is 12.3 Å². The Morgan fingerprint density at radius 3 is 2.48 bits per heavy atom. The highest BCUT2D eigenvalue weighted by Crippen LogP contribution is 2.27. The quantitative estimate of drug-likeness (QED) is 0.579. The second-order valence-electron chi connectivity index (χ2n) is 7.35. The summed E-state index contributed by atoms with van der Waals surface area (Å²) >= 11 is 12.4. The molecule has 2 atom stereocenters. The van der Waals surface area contributed by atoms with Crippen LogP contribution < -0.4 is 10.7 Å². The Kier molecular flexibility index (Phi) is 6.07. The topological polar surface area (TPSA) is 61.2 Å². The number of halogens is 2. The largest absolute Gasteiger partial charge is 0.334 e. The summed E-state index contributed by atoms with van der Waals surface area (Å²) in [6, 6.07) is 20.5. The predicted molar refractivity (Wildman–Crippen MR) is 122 cm³/mol. The van der Waals surface area contributed by atoms with Crippen molar-refractivity contribution in [1.82, 2.24) is 10.7 Å². The Morgan fingerprint density at radius 2 is 1.77 bits per heavy atom. The van der Waals surface area contributed by atoms with Gasteiger partial charge in [-0.05, 0) is 43.3 Å². The number of benzene rings is 3. The molecule has 31 heavy (non-hydrogen) atoms. The number of amides is 2. The molecule has 0 unspecified atom stereocenters. The Hall–Kier alpha value is -3.15. The summed E-state index contributed by atoms with van der Waals surface area (Å²) in [5.41, 5.74) is 5.87. The van der Waals surface area contributed by atoms with Crippen molar-refractivity contribution in [2.45, 2.75) is 19.0 Å². The molecule has 0 bridgehead atoms. The molecule has 0 aromatic heterocycles. The molecule has 7 heteroatoms. The first-order chi connectivity index (χ1) is 14.9. The summed E-state index contributed by atoms with van der Waals surface area (Å²) in [6.07, 6.45) is 1.76. The van der Waals surface area contributed by atoms with Crippen LogP contribution in [0.15, 0.2) is 72.8 Å². The van der Waals surface area contributed by atoms with Crippen LogP contribution >= 0.6 is 23.2 Å². The third-order valence-electron chi connectivity index (χ3n) is 5.10. The molecule has 0 spiro atoms. The minimum atomic E-state index is -0.812. The van der Waals surface area contributed by atoms with Gasteiger partial charge in [-0.1, -0.05) is 65.2 Å². The van der Waals surface area contributed by atoms with Crippen LogP contribution in [0.2, 0.25) is 10.0 Å². The van der Waals surface area contributed by atoms with Crippen LogP contribution in [0.25, 0.3) is 0 Å². The fraction of sp³-hybridized carbons (Fsp3) is 0.125. The highest BCUT2D eigenvalue weighted by atomic mass is 35.5. The smallest absolute Gasteiger partial charge is 0.304 e. The van der Waals surface area contributed by atoms with Gasteiger partial charge in [0.25, 0.3) is 5.91 Å². The van der Waals surface area contributed by atoms with Crippen LogP contribution in [0, 0.1) is 6.92 Å². The van der Waals surface area contributed by atoms with Crippen LogP contribution in [-0.4, -0.2) is 28.8 Å². The van der Waals surface area contributed by atoms with Crippen LogP contribution in [-0.2, 0) is 4.79 Å². The van der Waals surface area contributed by atoms with Crippen molar-refractivity contribution in [1.29, 1.82) is 0 Å². The summed E-state index contributed by atoms with van der Waals surface area (Å²) in [4.78, 5) is 25.8. The molecular formula is C24H20Cl2N3O2+. The third-order valence-corrected chi connectivity index (χ3v) is 5.70. The summed E-state index contributed by atoms with van der Waals surface area (Å²) in [5.74, 6) is -0.633. The minimum absolute atomic E-state index is 0.316. The zero-order valence-corrected chi connectivity index (χ0v) is 18.2. The van der Waals surface area contributed by atoms with Crippen molar-refractivity contribution >= 4 is 41.2 Å². The lowest BCUT2D eigenvalue weighted by atomic mass is 9.99. The molecule has 0 saturated carbocycles. The van der Waals surface area contributed by atoms with E-state index in [2.05, 4.69) is 10.7 Å². The van der Waals surface area contributed by atoms with E-state index in [1.165, 1.54) is 0 Å². The van der Waals surface area contributed by atoms with Crippen molar-refractivity contribution in [2.75, 3.05) is 0 Å². The average Bonchev–Trinajstić information content (AvgIpc) is 3.05. The number of nitrogens with one attached hydrogen (secondary N) is 2. The first-order valence-corrected chi connectivity index (χ1v) is 10.5. The number of hydrazone groups is 1. The van der Waals surface area contributed by atoms with Crippen molar-refractivity contribution in [3.8, 4) is 0 Å². The Morgan fingerprint density at radius 1 is 1.03 bits per heavy atom. The average molecular weight is 453 g/mol. The van der Waals surface area contributed by atoms with Crippen LogP contribution in [0.4, 0.5) is 0 Å². The molecule has 5 nitrogen and oxygen atoms in total. The van der Waals surface area contributed by atoms with Crippen LogP contribution in [0.1, 0.15) is 33.1 Å². The van der Waals surface area contributed by atoms with E-state index < -0.39 is 12.1 Å². The standard InChI is InChI=1S/C24H19Cl2N3O2/c1-15-5-4-7-17(13-15)23(30)27-21-22(16-9-11-19(25)12-10-16)29(28-24(21)31)14-18-6-2-3-8-20(18)26/h2-14,21-22H,1H3,(H-,27,28,30,31)/p+1/b29-14-/t21-,22+/m1/s1. The lowest BCUT2D eigenvalue weighted by Gasteiger charge is -2.15.